The molecule has 146 valence electrons. The summed E-state index contributed by atoms with van der Waals surface area (Å²) in [5, 5.41) is 3.55. The van der Waals surface area contributed by atoms with E-state index in [0.717, 1.165) is 48.0 Å². The third kappa shape index (κ3) is 4.10. The van der Waals surface area contributed by atoms with Gasteiger partial charge >= 0.3 is 0 Å². The SMILES string of the molecule is Cc1nc(C)c(CN[C@@H]2CCN(c3nc(C(=O)N(C)C)nc(C)c3C)C2)o1. The third-order valence-electron chi connectivity index (χ3n) is 5.00. The van der Waals surface area contributed by atoms with Gasteiger partial charge in [0.05, 0.1) is 12.2 Å². The maximum absolute atomic E-state index is 12.3. The summed E-state index contributed by atoms with van der Waals surface area (Å²) in [4.78, 5) is 29.3. The number of nitrogens with one attached hydrogen (secondary N) is 1. The van der Waals surface area contributed by atoms with Gasteiger partial charge in [-0.05, 0) is 27.2 Å². The lowest BCUT2D eigenvalue weighted by atomic mass is 10.2. The molecule has 8 nitrogen and oxygen atoms in total. The first kappa shape index (κ1) is 19.3. The Hall–Kier alpha value is -2.48. The highest BCUT2D eigenvalue weighted by atomic mass is 16.4. The molecule has 2 aromatic heterocycles. The standard InChI is InChI=1S/C19H28N6O2/c1-11-12(2)22-17(19(26)24(5)6)23-18(11)25-8-7-15(10-25)20-9-16-13(3)21-14(4)27-16/h15,20H,7-10H2,1-6H3/t15-/m1/s1. The van der Waals surface area contributed by atoms with E-state index >= 15 is 0 Å². The molecule has 1 fully saturated rings. The first-order valence-electron chi connectivity index (χ1n) is 9.24. The van der Waals surface area contributed by atoms with Crippen LogP contribution in [0.1, 0.15) is 45.6 Å². The van der Waals surface area contributed by atoms with Gasteiger partial charge in [0.15, 0.2) is 5.89 Å². The Bertz CT molecular complexity index is 845. The number of aryl methyl sites for hydroxylation is 3. The molecule has 1 aliphatic rings. The van der Waals surface area contributed by atoms with E-state index in [1.54, 1.807) is 14.1 Å². The van der Waals surface area contributed by atoms with E-state index in [4.69, 9.17) is 4.42 Å². The van der Waals surface area contributed by atoms with Gasteiger partial charge in [0.2, 0.25) is 5.82 Å². The van der Waals surface area contributed by atoms with E-state index in [1.165, 1.54) is 4.90 Å². The smallest absolute Gasteiger partial charge is 0.291 e. The van der Waals surface area contributed by atoms with E-state index < -0.39 is 0 Å². The molecule has 27 heavy (non-hydrogen) atoms. The molecule has 0 unspecified atom stereocenters. The summed E-state index contributed by atoms with van der Waals surface area (Å²) in [6, 6.07) is 0.331. The Kier molecular flexibility index (Phi) is 5.46. The molecule has 0 saturated carbocycles. The monoisotopic (exact) mass is 372 g/mol. The number of aromatic nitrogens is 3. The van der Waals surface area contributed by atoms with Crippen molar-refractivity contribution in [1.82, 2.24) is 25.2 Å². The van der Waals surface area contributed by atoms with Crippen LogP contribution >= 0.6 is 0 Å². The van der Waals surface area contributed by atoms with E-state index in [1.807, 2.05) is 27.7 Å². The maximum Gasteiger partial charge on any atom is 0.291 e. The molecule has 0 radical (unpaired) electrons. The number of amides is 1. The predicted octanol–water partition coefficient (Wildman–Crippen LogP) is 1.77. The van der Waals surface area contributed by atoms with Crippen LogP contribution in [0, 0.1) is 27.7 Å². The highest BCUT2D eigenvalue weighted by Gasteiger charge is 2.27. The number of anilines is 1. The minimum absolute atomic E-state index is 0.176. The number of rotatable bonds is 5. The lowest BCUT2D eigenvalue weighted by Crippen LogP contribution is -2.33. The summed E-state index contributed by atoms with van der Waals surface area (Å²) in [6.07, 6.45) is 1.01. The summed E-state index contributed by atoms with van der Waals surface area (Å²) in [5.74, 6) is 2.51. The van der Waals surface area contributed by atoms with Gasteiger partial charge in [-0.25, -0.2) is 15.0 Å². The number of carbonyl (C=O) groups is 1. The normalized spacial score (nSPS) is 16.8. The van der Waals surface area contributed by atoms with Crippen LogP contribution in [0.2, 0.25) is 0 Å². The lowest BCUT2D eigenvalue weighted by Gasteiger charge is -2.22. The summed E-state index contributed by atoms with van der Waals surface area (Å²) in [5.41, 5.74) is 2.80. The maximum atomic E-state index is 12.3. The second-order valence-corrected chi connectivity index (χ2v) is 7.33. The molecule has 2 aromatic rings. The van der Waals surface area contributed by atoms with Crippen molar-refractivity contribution in [3.05, 3.63) is 34.4 Å². The van der Waals surface area contributed by atoms with Gasteiger partial charge in [-0.3, -0.25) is 4.79 Å². The van der Waals surface area contributed by atoms with Gasteiger partial charge in [0.25, 0.3) is 5.91 Å². The molecule has 1 atom stereocenters. The predicted molar refractivity (Wildman–Crippen MR) is 103 cm³/mol. The highest BCUT2D eigenvalue weighted by molar-refractivity contribution is 5.90. The number of hydrogen-bond donors (Lipinski definition) is 1. The van der Waals surface area contributed by atoms with Crippen LogP contribution in [0.5, 0.6) is 0 Å². The van der Waals surface area contributed by atoms with Crippen molar-refractivity contribution < 1.29 is 9.21 Å². The van der Waals surface area contributed by atoms with Gasteiger partial charge in [-0.1, -0.05) is 0 Å². The van der Waals surface area contributed by atoms with E-state index in [-0.39, 0.29) is 11.7 Å². The fourth-order valence-electron chi connectivity index (χ4n) is 3.31. The average molecular weight is 372 g/mol. The van der Waals surface area contributed by atoms with Gasteiger partial charge in [-0.15, -0.1) is 0 Å². The Balaban J connectivity index is 1.71. The fraction of sp³-hybridized carbons (Fsp3) is 0.579. The molecule has 1 amide bonds. The van der Waals surface area contributed by atoms with Crippen LogP contribution in [0.3, 0.4) is 0 Å². The Morgan fingerprint density at radius 3 is 2.56 bits per heavy atom. The van der Waals surface area contributed by atoms with Gasteiger partial charge in [0, 0.05) is 51.4 Å². The second-order valence-electron chi connectivity index (χ2n) is 7.33. The van der Waals surface area contributed by atoms with Crippen LogP contribution in [0.25, 0.3) is 0 Å². The largest absolute Gasteiger partial charge is 0.444 e. The number of oxazole rings is 1. The van der Waals surface area contributed by atoms with Crippen molar-refractivity contribution >= 4 is 11.7 Å². The zero-order valence-electron chi connectivity index (χ0n) is 17.0. The Morgan fingerprint density at radius 1 is 1.19 bits per heavy atom. The molecule has 0 spiro atoms. The minimum Gasteiger partial charge on any atom is -0.444 e. The molecule has 0 aliphatic carbocycles. The highest BCUT2D eigenvalue weighted by Crippen LogP contribution is 2.24. The lowest BCUT2D eigenvalue weighted by molar-refractivity contribution is 0.0815. The van der Waals surface area contributed by atoms with Crippen molar-refractivity contribution in [1.29, 1.82) is 0 Å². The minimum atomic E-state index is -0.176. The molecule has 0 bridgehead atoms. The Morgan fingerprint density at radius 2 is 1.93 bits per heavy atom. The zero-order chi connectivity index (χ0) is 19.7. The van der Waals surface area contributed by atoms with Crippen LogP contribution in [-0.2, 0) is 6.54 Å². The van der Waals surface area contributed by atoms with Crippen molar-refractivity contribution in [2.75, 3.05) is 32.1 Å². The molecule has 3 rings (SSSR count). The summed E-state index contributed by atoms with van der Waals surface area (Å²) in [6.45, 7) is 10.1. The summed E-state index contributed by atoms with van der Waals surface area (Å²) in [7, 11) is 3.42. The molecular formula is C19H28N6O2. The van der Waals surface area contributed by atoms with E-state index in [0.29, 0.717) is 18.5 Å². The molecule has 1 aliphatic heterocycles. The molecule has 3 heterocycles. The zero-order valence-corrected chi connectivity index (χ0v) is 17.0. The van der Waals surface area contributed by atoms with Crippen LogP contribution in [0.4, 0.5) is 5.82 Å². The molecule has 0 aromatic carbocycles. The van der Waals surface area contributed by atoms with Crippen LogP contribution < -0.4 is 10.2 Å². The van der Waals surface area contributed by atoms with Crippen molar-refractivity contribution in [2.24, 2.45) is 0 Å². The quantitative estimate of drug-likeness (QED) is 0.856. The number of hydrogen-bond acceptors (Lipinski definition) is 7. The molecule has 1 N–H and O–H groups in total. The Labute approximate surface area is 160 Å². The van der Waals surface area contributed by atoms with Crippen molar-refractivity contribution in [3.8, 4) is 0 Å². The summed E-state index contributed by atoms with van der Waals surface area (Å²) >= 11 is 0. The fourth-order valence-corrected chi connectivity index (χ4v) is 3.31. The summed E-state index contributed by atoms with van der Waals surface area (Å²) < 4.78 is 5.63. The van der Waals surface area contributed by atoms with E-state index in [2.05, 4.69) is 25.2 Å². The van der Waals surface area contributed by atoms with Gasteiger partial charge in [0.1, 0.15) is 11.6 Å². The molecular weight excluding hydrogens is 344 g/mol. The van der Waals surface area contributed by atoms with Gasteiger partial charge < -0.3 is 19.5 Å². The van der Waals surface area contributed by atoms with Crippen LogP contribution in [0.15, 0.2) is 4.42 Å². The average Bonchev–Trinajstić information content (AvgIpc) is 3.20. The second kappa shape index (κ2) is 7.64. The molecule has 1 saturated heterocycles. The van der Waals surface area contributed by atoms with E-state index in [9.17, 15) is 4.79 Å². The topological polar surface area (TPSA) is 87.4 Å². The number of carbonyl (C=O) groups excluding carboxylic acids is 1. The van der Waals surface area contributed by atoms with Crippen LogP contribution in [-0.4, -0.2) is 59.0 Å². The molecule has 8 heteroatoms. The van der Waals surface area contributed by atoms with Crippen molar-refractivity contribution in [3.63, 3.8) is 0 Å². The number of nitrogens with zero attached hydrogens (tertiary/aromatic N) is 5. The van der Waals surface area contributed by atoms with Gasteiger partial charge in [-0.2, -0.15) is 0 Å². The first-order valence-corrected chi connectivity index (χ1v) is 9.24. The third-order valence-corrected chi connectivity index (χ3v) is 5.00. The van der Waals surface area contributed by atoms with Crippen molar-refractivity contribution in [2.45, 2.75) is 46.7 Å². The first-order chi connectivity index (χ1) is 12.8.